The number of fused-ring (bicyclic) bond motifs is 2. The molecule has 0 amide bonds. The summed E-state index contributed by atoms with van der Waals surface area (Å²) in [7, 11) is 0. The Labute approximate surface area is 131 Å². The maximum Gasteiger partial charge on any atom is 0.0691 e. The normalized spacial score (nSPS) is 16.0. The lowest BCUT2D eigenvalue weighted by Gasteiger charge is -2.41. The fourth-order valence-corrected chi connectivity index (χ4v) is 3.02. The minimum absolute atomic E-state index is 0.426. The largest absolute Gasteiger partial charge is 0.392 e. The lowest BCUT2D eigenvalue weighted by atomic mass is 10.1. The van der Waals surface area contributed by atoms with Crippen molar-refractivity contribution in [1.82, 2.24) is 0 Å². The van der Waals surface area contributed by atoms with E-state index in [9.17, 15) is 10.2 Å². The van der Waals surface area contributed by atoms with Crippen LogP contribution in [0.25, 0.3) is 0 Å². The van der Waals surface area contributed by atoms with E-state index in [0.717, 1.165) is 22.7 Å². The van der Waals surface area contributed by atoms with Gasteiger partial charge in [-0.15, -0.1) is 0 Å². The smallest absolute Gasteiger partial charge is 0.0691 e. The molecule has 0 saturated heterocycles. The third kappa shape index (κ3) is 2.67. The van der Waals surface area contributed by atoms with Crippen molar-refractivity contribution >= 4 is 22.7 Å². The van der Waals surface area contributed by atoms with Crippen LogP contribution in [0, 0.1) is 0 Å². The molecule has 1 aliphatic rings. The van der Waals surface area contributed by atoms with Crippen LogP contribution in [0.4, 0.5) is 22.7 Å². The summed E-state index contributed by atoms with van der Waals surface area (Å²) in [5.74, 6) is 0. The highest BCUT2D eigenvalue weighted by Gasteiger charge is 2.28. The summed E-state index contributed by atoms with van der Waals surface area (Å²) in [6, 6.07) is 16.2. The van der Waals surface area contributed by atoms with Crippen LogP contribution in [0.2, 0.25) is 0 Å². The van der Waals surface area contributed by atoms with Crippen molar-refractivity contribution in [3.05, 3.63) is 48.5 Å². The first-order chi connectivity index (χ1) is 10.6. The summed E-state index contributed by atoms with van der Waals surface area (Å²) in [5.41, 5.74) is 4.23. The number of para-hydroxylation sites is 4. The van der Waals surface area contributed by atoms with Gasteiger partial charge in [0.1, 0.15) is 0 Å². The summed E-state index contributed by atoms with van der Waals surface area (Å²) in [6.45, 7) is 4.67. The molecular weight excluding hydrogens is 276 g/mol. The van der Waals surface area contributed by atoms with Crippen LogP contribution in [-0.2, 0) is 0 Å². The van der Waals surface area contributed by atoms with E-state index in [4.69, 9.17) is 0 Å². The Morgan fingerprint density at radius 1 is 0.682 bits per heavy atom. The van der Waals surface area contributed by atoms with Gasteiger partial charge in [-0.25, -0.2) is 0 Å². The van der Waals surface area contributed by atoms with E-state index >= 15 is 0 Å². The van der Waals surface area contributed by atoms with Gasteiger partial charge in [0.05, 0.1) is 35.0 Å². The predicted octanol–water partition coefficient (Wildman–Crippen LogP) is 3.04. The molecule has 0 saturated carbocycles. The minimum atomic E-state index is -0.426. The number of hydrogen-bond acceptors (Lipinski definition) is 4. The average molecular weight is 298 g/mol. The number of benzene rings is 2. The second kappa shape index (κ2) is 5.99. The summed E-state index contributed by atoms with van der Waals surface area (Å²) in [6.07, 6.45) is -0.853. The Balaban J connectivity index is 2.14. The zero-order chi connectivity index (χ0) is 15.7. The standard InChI is InChI=1S/C18H22N2O2/c1-13(21)11-19-15-7-3-5-9-17(15)20(12-14(2)22)18-10-6-4-8-16(18)19/h3-10,13-14,21-22H,11-12H2,1-2H3. The zero-order valence-electron chi connectivity index (χ0n) is 13.0. The third-order valence-corrected chi connectivity index (χ3v) is 3.82. The van der Waals surface area contributed by atoms with Crippen LogP contribution < -0.4 is 9.80 Å². The highest BCUT2D eigenvalue weighted by Crippen LogP contribution is 2.47. The summed E-state index contributed by atoms with van der Waals surface area (Å²) < 4.78 is 0. The number of β-amino-alcohol motifs (C(OH)–C–C–N with tert-alkyl or cyclic N) is 2. The van der Waals surface area contributed by atoms with Gasteiger partial charge in [0.25, 0.3) is 0 Å². The molecule has 2 aromatic rings. The molecule has 2 unspecified atom stereocenters. The Hall–Kier alpha value is -2.04. The molecule has 4 heteroatoms. The molecule has 2 N–H and O–H groups in total. The molecule has 0 fully saturated rings. The van der Waals surface area contributed by atoms with Gasteiger partial charge in [-0.1, -0.05) is 24.3 Å². The van der Waals surface area contributed by atoms with E-state index in [-0.39, 0.29) is 0 Å². The van der Waals surface area contributed by atoms with Crippen LogP contribution in [0.15, 0.2) is 48.5 Å². The van der Waals surface area contributed by atoms with Crippen molar-refractivity contribution in [2.24, 2.45) is 0 Å². The average Bonchev–Trinajstić information content (AvgIpc) is 2.50. The van der Waals surface area contributed by atoms with E-state index in [1.165, 1.54) is 0 Å². The lowest BCUT2D eigenvalue weighted by molar-refractivity contribution is 0.201. The summed E-state index contributed by atoms with van der Waals surface area (Å²) in [4.78, 5) is 4.29. The maximum atomic E-state index is 9.87. The van der Waals surface area contributed by atoms with E-state index in [2.05, 4.69) is 34.1 Å². The fourth-order valence-electron chi connectivity index (χ4n) is 3.02. The number of hydrogen-bond donors (Lipinski definition) is 2. The number of nitrogens with zero attached hydrogens (tertiary/aromatic N) is 2. The molecule has 116 valence electrons. The quantitative estimate of drug-likeness (QED) is 0.911. The predicted molar refractivity (Wildman–Crippen MR) is 90.3 cm³/mol. The summed E-state index contributed by atoms with van der Waals surface area (Å²) >= 11 is 0. The Kier molecular flexibility index (Phi) is 4.05. The van der Waals surface area contributed by atoms with Crippen LogP contribution in [0.1, 0.15) is 13.8 Å². The van der Waals surface area contributed by atoms with Crippen molar-refractivity contribution in [2.45, 2.75) is 26.1 Å². The first-order valence-corrected chi connectivity index (χ1v) is 7.67. The summed E-state index contributed by atoms with van der Waals surface area (Å²) in [5, 5.41) is 19.7. The fraction of sp³-hybridized carbons (Fsp3) is 0.333. The maximum absolute atomic E-state index is 9.87. The van der Waals surface area contributed by atoms with Gasteiger partial charge >= 0.3 is 0 Å². The molecule has 0 aromatic heterocycles. The Morgan fingerprint density at radius 2 is 0.955 bits per heavy atom. The van der Waals surface area contributed by atoms with Crippen LogP contribution in [0.3, 0.4) is 0 Å². The Bertz CT molecular complexity index is 552. The third-order valence-electron chi connectivity index (χ3n) is 3.82. The second-order valence-corrected chi connectivity index (χ2v) is 5.90. The highest BCUT2D eigenvalue weighted by molar-refractivity contribution is 5.93. The van der Waals surface area contributed by atoms with Gasteiger partial charge in [-0.2, -0.15) is 0 Å². The van der Waals surface area contributed by atoms with Crippen LogP contribution in [-0.4, -0.2) is 35.5 Å². The van der Waals surface area contributed by atoms with Crippen molar-refractivity contribution in [1.29, 1.82) is 0 Å². The molecule has 3 rings (SSSR count). The topological polar surface area (TPSA) is 46.9 Å². The van der Waals surface area contributed by atoms with E-state index in [0.29, 0.717) is 13.1 Å². The lowest BCUT2D eigenvalue weighted by Crippen LogP contribution is -2.36. The number of rotatable bonds is 4. The molecule has 0 aliphatic carbocycles. The Morgan fingerprint density at radius 3 is 1.18 bits per heavy atom. The molecule has 0 bridgehead atoms. The van der Waals surface area contributed by atoms with Gasteiger partial charge in [-0.05, 0) is 38.1 Å². The van der Waals surface area contributed by atoms with Crippen LogP contribution in [0.5, 0.6) is 0 Å². The van der Waals surface area contributed by atoms with E-state index < -0.39 is 12.2 Å². The number of aliphatic hydroxyl groups excluding tert-OH is 2. The molecule has 0 spiro atoms. The molecule has 4 nitrogen and oxygen atoms in total. The monoisotopic (exact) mass is 298 g/mol. The first kappa shape index (κ1) is 14.9. The SMILES string of the molecule is CC(O)CN1c2ccccc2N(CC(C)O)c2ccccc21. The van der Waals surface area contributed by atoms with Crippen molar-refractivity contribution < 1.29 is 10.2 Å². The van der Waals surface area contributed by atoms with Gasteiger partial charge in [-0.3, -0.25) is 0 Å². The molecule has 0 radical (unpaired) electrons. The highest BCUT2D eigenvalue weighted by atomic mass is 16.3. The molecule has 1 heterocycles. The second-order valence-electron chi connectivity index (χ2n) is 5.90. The molecule has 22 heavy (non-hydrogen) atoms. The van der Waals surface area contributed by atoms with Crippen molar-refractivity contribution in [3.63, 3.8) is 0 Å². The van der Waals surface area contributed by atoms with Gasteiger partial charge in [0.15, 0.2) is 0 Å². The zero-order valence-corrected chi connectivity index (χ0v) is 13.0. The van der Waals surface area contributed by atoms with Gasteiger partial charge < -0.3 is 20.0 Å². The molecular formula is C18H22N2O2. The minimum Gasteiger partial charge on any atom is -0.392 e. The van der Waals surface area contributed by atoms with Gasteiger partial charge in [0, 0.05) is 13.1 Å². The number of aliphatic hydroxyl groups is 2. The first-order valence-electron chi connectivity index (χ1n) is 7.67. The van der Waals surface area contributed by atoms with E-state index in [1.807, 2.05) is 24.3 Å². The van der Waals surface area contributed by atoms with Crippen molar-refractivity contribution in [2.75, 3.05) is 22.9 Å². The van der Waals surface area contributed by atoms with Crippen LogP contribution >= 0.6 is 0 Å². The number of anilines is 4. The van der Waals surface area contributed by atoms with E-state index in [1.54, 1.807) is 13.8 Å². The molecule has 1 aliphatic heterocycles. The van der Waals surface area contributed by atoms with Crippen molar-refractivity contribution in [3.8, 4) is 0 Å². The molecule has 2 aromatic carbocycles. The van der Waals surface area contributed by atoms with Gasteiger partial charge in [0.2, 0.25) is 0 Å². The molecule has 2 atom stereocenters.